The second kappa shape index (κ2) is 8.09. The van der Waals surface area contributed by atoms with Crippen LogP contribution < -0.4 is 5.73 Å². The smallest absolute Gasteiger partial charge is 0.253 e. The SMILES string of the molecule is CCN(CC)S(=O)(=O)c1cccc(C(=O)N2CCC(CN)CC2)c1. The lowest BCUT2D eigenvalue weighted by Crippen LogP contribution is -2.40. The molecule has 0 atom stereocenters. The molecule has 6 nitrogen and oxygen atoms in total. The van der Waals surface area contributed by atoms with E-state index < -0.39 is 10.0 Å². The summed E-state index contributed by atoms with van der Waals surface area (Å²) in [5, 5.41) is 0. The van der Waals surface area contributed by atoms with Crippen molar-refractivity contribution in [2.75, 3.05) is 32.7 Å². The molecular formula is C17H27N3O3S. The molecule has 0 bridgehead atoms. The van der Waals surface area contributed by atoms with Gasteiger partial charge in [-0.05, 0) is 43.5 Å². The van der Waals surface area contributed by atoms with Gasteiger partial charge in [0, 0.05) is 31.7 Å². The van der Waals surface area contributed by atoms with Gasteiger partial charge in [-0.25, -0.2) is 8.42 Å². The van der Waals surface area contributed by atoms with E-state index in [1.54, 1.807) is 36.9 Å². The number of carbonyl (C=O) groups excluding carboxylic acids is 1. The monoisotopic (exact) mass is 353 g/mol. The number of nitrogens with two attached hydrogens (primary N) is 1. The minimum Gasteiger partial charge on any atom is -0.339 e. The molecular weight excluding hydrogens is 326 g/mol. The molecule has 1 aliphatic rings. The van der Waals surface area contributed by atoms with Gasteiger partial charge in [-0.2, -0.15) is 4.31 Å². The maximum atomic E-state index is 12.7. The summed E-state index contributed by atoms with van der Waals surface area (Å²) in [6.45, 7) is 6.42. The van der Waals surface area contributed by atoms with E-state index >= 15 is 0 Å². The molecule has 1 fully saturated rings. The highest BCUT2D eigenvalue weighted by atomic mass is 32.2. The molecule has 24 heavy (non-hydrogen) atoms. The fourth-order valence-electron chi connectivity index (χ4n) is 3.06. The molecule has 0 radical (unpaired) electrons. The molecule has 2 rings (SSSR count). The topological polar surface area (TPSA) is 83.7 Å². The third-order valence-electron chi connectivity index (χ3n) is 4.66. The van der Waals surface area contributed by atoms with Gasteiger partial charge in [0.2, 0.25) is 10.0 Å². The first kappa shape index (κ1) is 18.9. The minimum absolute atomic E-state index is 0.109. The molecule has 1 amide bonds. The predicted molar refractivity (Wildman–Crippen MR) is 94.2 cm³/mol. The maximum Gasteiger partial charge on any atom is 0.253 e. The number of hydrogen-bond donors (Lipinski definition) is 1. The van der Waals surface area contributed by atoms with Gasteiger partial charge in [-0.3, -0.25) is 4.79 Å². The molecule has 0 spiro atoms. The van der Waals surface area contributed by atoms with Gasteiger partial charge in [-0.1, -0.05) is 19.9 Å². The Morgan fingerprint density at radius 1 is 1.25 bits per heavy atom. The predicted octanol–water partition coefficient (Wildman–Crippen LogP) is 1.53. The number of piperidine rings is 1. The summed E-state index contributed by atoms with van der Waals surface area (Å²) in [6, 6.07) is 6.35. The van der Waals surface area contributed by atoms with Crippen LogP contribution in [0.3, 0.4) is 0 Å². The molecule has 0 unspecified atom stereocenters. The van der Waals surface area contributed by atoms with Crippen LogP contribution >= 0.6 is 0 Å². The zero-order chi connectivity index (χ0) is 17.7. The normalized spacial score (nSPS) is 16.6. The van der Waals surface area contributed by atoms with Crippen LogP contribution in [0, 0.1) is 5.92 Å². The first-order chi connectivity index (χ1) is 11.4. The van der Waals surface area contributed by atoms with Gasteiger partial charge in [0.15, 0.2) is 0 Å². The van der Waals surface area contributed by atoms with Crippen molar-refractivity contribution in [3.05, 3.63) is 29.8 Å². The summed E-state index contributed by atoms with van der Waals surface area (Å²) < 4.78 is 26.6. The van der Waals surface area contributed by atoms with Crippen molar-refractivity contribution < 1.29 is 13.2 Å². The molecule has 0 aliphatic carbocycles. The Morgan fingerprint density at radius 2 is 1.88 bits per heavy atom. The van der Waals surface area contributed by atoms with E-state index in [1.807, 2.05) is 0 Å². The van der Waals surface area contributed by atoms with Crippen molar-refractivity contribution >= 4 is 15.9 Å². The quantitative estimate of drug-likeness (QED) is 0.840. The van der Waals surface area contributed by atoms with E-state index in [9.17, 15) is 13.2 Å². The second-order valence-corrected chi connectivity index (χ2v) is 8.03. The fraction of sp³-hybridized carbons (Fsp3) is 0.588. The highest BCUT2D eigenvalue weighted by molar-refractivity contribution is 7.89. The Labute approximate surface area is 144 Å². The Balaban J connectivity index is 2.20. The fourth-order valence-corrected chi connectivity index (χ4v) is 4.56. The lowest BCUT2D eigenvalue weighted by molar-refractivity contribution is 0.0693. The summed E-state index contributed by atoms with van der Waals surface area (Å²) in [5.74, 6) is 0.366. The molecule has 0 saturated carbocycles. The van der Waals surface area contributed by atoms with E-state index in [1.165, 1.54) is 10.4 Å². The number of likely N-dealkylation sites (tertiary alicyclic amines) is 1. The zero-order valence-electron chi connectivity index (χ0n) is 14.4. The zero-order valence-corrected chi connectivity index (χ0v) is 15.3. The molecule has 7 heteroatoms. The number of amides is 1. The van der Waals surface area contributed by atoms with E-state index in [0.717, 1.165) is 12.8 Å². The molecule has 1 saturated heterocycles. The summed E-state index contributed by atoms with van der Waals surface area (Å²) in [7, 11) is -3.55. The minimum atomic E-state index is -3.55. The number of rotatable bonds is 6. The van der Waals surface area contributed by atoms with Gasteiger partial charge >= 0.3 is 0 Å². The van der Waals surface area contributed by atoms with Gasteiger partial charge in [-0.15, -0.1) is 0 Å². The Morgan fingerprint density at radius 3 is 2.42 bits per heavy atom. The van der Waals surface area contributed by atoms with E-state index in [0.29, 0.717) is 44.2 Å². The average Bonchev–Trinajstić information content (AvgIpc) is 2.62. The van der Waals surface area contributed by atoms with Gasteiger partial charge in [0.1, 0.15) is 0 Å². The third kappa shape index (κ3) is 3.96. The lowest BCUT2D eigenvalue weighted by Gasteiger charge is -2.31. The van der Waals surface area contributed by atoms with Crippen molar-refractivity contribution in [3.63, 3.8) is 0 Å². The molecule has 1 aliphatic heterocycles. The highest BCUT2D eigenvalue weighted by Gasteiger charge is 2.25. The van der Waals surface area contributed by atoms with Crippen LogP contribution in [-0.2, 0) is 10.0 Å². The Bertz CT molecular complexity index is 663. The van der Waals surface area contributed by atoms with E-state index in [4.69, 9.17) is 5.73 Å². The van der Waals surface area contributed by atoms with Crippen molar-refractivity contribution in [1.29, 1.82) is 0 Å². The Kier molecular flexibility index (Phi) is 6.37. The van der Waals surface area contributed by atoms with Crippen molar-refractivity contribution in [1.82, 2.24) is 9.21 Å². The van der Waals surface area contributed by atoms with Crippen molar-refractivity contribution in [2.45, 2.75) is 31.6 Å². The molecule has 134 valence electrons. The van der Waals surface area contributed by atoms with Gasteiger partial charge in [0.25, 0.3) is 5.91 Å². The van der Waals surface area contributed by atoms with E-state index in [2.05, 4.69) is 0 Å². The van der Waals surface area contributed by atoms with Crippen molar-refractivity contribution in [2.24, 2.45) is 11.7 Å². The van der Waals surface area contributed by atoms with Crippen LogP contribution in [0.15, 0.2) is 29.2 Å². The van der Waals surface area contributed by atoms with Crippen LogP contribution in [0.1, 0.15) is 37.0 Å². The first-order valence-electron chi connectivity index (χ1n) is 8.53. The summed E-state index contributed by atoms with van der Waals surface area (Å²) in [6.07, 6.45) is 1.80. The lowest BCUT2D eigenvalue weighted by atomic mass is 9.96. The second-order valence-electron chi connectivity index (χ2n) is 6.09. The molecule has 0 aromatic heterocycles. The van der Waals surface area contributed by atoms with Crippen LogP contribution in [0.25, 0.3) is 0 Å². The number of benzene rings is 1. The third-order valence-corrected chi connectivity index (χ3v) is 6.71. The number of sulfonamides is 1. The number of carbonyl (C=O) groups is 1. The van der Waals surface area contributed by atoms with Crippen LogP contribution in [0.5, 0.6) is 0 Å². The molecule has 1 heterocycles. The van der Waals surface area contributed by atoms with Crippen LogP contribution in [0.4, 0.5) is 0 Å². The van der Waals surface area contributed by atoms with Gasteiger partial charge in [0.05, 0.1) is 4.90 Å². The average molecular weight is 353 g/mol. The number of nitrogens with zero attached hydrogens (tertiary/aromatic N) is 2. The Hall–Kier alpha value is -1.44. The van der Waals surface area contributed by atoms with Crippen molar-refractivity contribution in [3.8, 4) is 0 Å². The maximum absolute atomic E-state index is 12.7. The highest BCUT2D eigenvalue weighted by Crippen LogP contribution is 2.21. The van der Waals surface area contributed by atoms with E-state index in [-0.39, 0.29) is 10.8 Å². The summed E-state index contributed by atoms with van der Waals surface area (Å²) in [5.41, 5.74) is 6.11. The van der Waals surface area contributed by atoms with Crippen LogP contribution in [0.2, 0.25) is 0 Å². The molecule has 1 aromatic rings. The number of hydrogen-bond acceptors (Lipinski definition) is 4. The largest absolute Gasteiger partial charge is 0.339 e. The van der Waals surface area contributed by atoms with Gasteiger partial charge < -0.3 is 10.6 Å². The first-order valence-corrected chi connectivity index (χ1v) is 9.97. The molecule has 1 aromatic carbocycles. The summed E-state index contributed by atoms with van der Waals surface area (Å²) in [4.78, 5) is 14.6. The summed E-state index contributed by atoms with van der Waals surface area (Å²) >= 11 is 0. The van der Waals surface area contributed by atoms with Crippen LogP contribution in [-0.4, -0.2) is 56.3 Å². The molecule has 2 N–H and O–H groups in total. The standard InChI is InChI=1S/C17H27N3O3S/c1-3-20(4-2)24(22,23)16-7-5-6-15(12-16)17(21)19-10-8-14(13-18)9-11-19/h5-7,12,14H,3-4,8-11,13,18H2,1-2H3.